The third kappa shape index (κ3) is 5.63. The molecule has 0 atom stereocenters. The number of hydrogen-bond acceptors (Lipinski definition) is 3. The summed E-state index contributed by atoms with van der Waals surface area (Å²) in [4.78, 5) is 31.1. The number of aliphatic imine (C=N–C) groups is 1. The first kappa shape index (κ1) is 21.9. The van der Waals surface area contributed by atoms with Crippen LogP contribution in [0.2, 0.25) is 0 Å². The second kappa shape index (κ2) is 8.91. The third-order valence-corrected chi connectivity index (χ3v) is 4.39. The van der Waals surface area contributed by atoms with Gasteiger partial charge >= 0.3 is 0 Å². The predicted octanol–water partition coefficient (Wildman–Crippen LogP) is 4.48. The van der Waals surface area contributed by atoms with Crippen LogP contribution in [0.3, 0.4) is 0 Å². The van der Waals surface area contributed by atoms with E-state index in [2.05, 4.69) is 20.6 Å². The second-order valence-corrected chi connectivity index (χ2v) is 7.86. The summed E-state index contributed by atoms with van der Waals surface area (Å²) in [6, 6.07) is 14.8. The van der Waals surface area contributed by atoms with Crippen LogP contribution in [0, 0.1) is 11.6 Å². The Morgan fingerprint density at radius 1 is 0.968 bits per heavy atom. The highest BCUT2D eigenvalue weighted by Gasteiger charge is 2.19. The summed E-state index contributed by atoms with van der Waals surface area (Å²) in [7, 11) is 0. The average Bonchev–Trinajstić information content (AvgIpc) is 2.69. The van der Waals surface area contributed by atoms with Crippen molar-refractivity contribution in [3.05, 3.63) is 93.8 Å². The molecule has 0 radical (unpaired) electrons. The number of nitrogens with zero attached hydrogens (tertiary/aromatic N) is 1. The molecule has 3 rings (SSSR count). The number of guanidine groups is 1. The fraction of sp³-hybridized carbons (Fsp3) is 0.174. The lowest BCUT2D eigenvalue weighted by Crippen LogP contribution is -2.36. The number of nitrogens with one attached hydrogen (secondary N) is 3. The Morgan fingerprint density at radius 3 is 2.39 bits per heavy atom. The highest BCUT2D eigenvalue weighted by molar-refractivity contribution is 6.10. The lowest BCUT2D eigenvalue weighted by atomic mass is 9.86. The van der Waals surface area contributed by atoms with Crippen LogP contribution in [-0.2, 0) is 5.41 Å². The molecule has 0 unspecified atom stereocenters. The largest absolute Gasteiger partial charge is 0.325 e. The number of aromatic amines is 1. The van der Waals surface area contributed by atoms with Gasteiger partial charge in [-0.1, -0.05) is 45.0 Å². The number of carbonyl (C=O) groups excluding carboxylic acids is 1. The maximum atomic E-state index is 13.6. The number of benzene rings is 2. The molecule has 0 saturated carbocycles. The highest BCUT2D eigenvalue weighted by atomic mass is 19.2. The Kier molecular flexibility index (Phi) is 6.29. The summed E-state index contributed by atoms with van der Waals surface area (Å²) in [6.07, 6.45) is 0. The molecule has 0 aliphatic carbocycles. The van der Waals surface area contributed by atoms with Crippen molar-refractivity contribution >= 4 is 23.4 Å². The molecule has 2 aromatic carbocycles. The summed E-state index contributed by atoms with van der Waals surface area (Å²) in [5.74, 6) is -2.67. The Labute approximate surface area is 178 Å². The Balaban J connectivity index is 1.99. The zero-order chi connectivity index (χ0) is 22.6. The summed E-state index contributed by atoms with van der Waals surface area (Å²) in [5.41, 5.74) is 1.01. The zero-order valence-electron chi connectivity index (χ0n) is 17.3. The summed E-state index contributed by atoms with van der Waals surface area (Å²) in [5, 5.41) is 5.64. The van der Waals surface area contributed by atoms with Crippen LogP contribution in [0.15, 0.2) is 70.5 Å². The minimum absolute atomic E-state index is 0.00767. The van der Waals surface area contributed by atoms with Gasteiger partial charge < -0.3 is 10.3 Å². The van der Waals surface area contributed by atoms with Gasteiger partial charge in [0, 0.05) is 17.3 Å². The van der Waals surface area contributed by atoms with Crippen LogP contribution in [0.4, 0.5) is 20.3 Å². The standard InChI is InChI=1S/C23H22F2N4O2/c1-23(2,3)15-7-4-5-8-18(15)26-22(28-19-9-6-10-20(30)27-19)29-21(31)14-11-12-16(24)17(25)13-14/h4-13H,1-3H3,(H3,26,27,28,29,30,31). The molecule has 0 bridgehead atoms. The lowest BCUT2D eigenvalue weighted by molar-refractivity contribution is 0.0976. The van der Waals surface area contributed by atoms with E-state index < -0.39 is 17.5 Å². The molecule has 3 N–H and O–H groups in total. The van der Waals surface area contributed by atoms with Crippen molar-refractivity contribution in [1.29, 1.82) is 0 Å². The molecule has 0 fully saturated rings. The Hall–Kier alpha value is -3.81. The number of halogens is 2. The van der Waals surface area contributed by atoms with Crippen molar-refractivity contribution in [2.75, 3.05) is 5.32 Å². The van der Waals surface area contributed by atoms with E-state index >= 15 is 0 Å². The molecule has 0 aliphatic heterocycles. The molecule has 0 saturated heterocycles. The van der Waals surface area contributed by atoms with Gasteiger partial charge in [-0.15, -0.1) is 0 Å². The van der Waals surface area contributed by atoms with E-state index in [9.17, 15) is 18.4 Å². The van der Waals surface area contributed by atoms with Crippen molar-refractivity contribution in [3.63, 3.8) is 0 Å². The van der Waals surface area contributed by atoms with Crippen LogP contribution in [0.25, 0.3) is 0 Å². The predicted molar refractivity (Wildman–Crippen MR) is 117 cm³/mol. The monoisotopic (exact) mass is 424 g/mol. The molecule has 8 heteroatoms. The third-order valence-electron chi connectivity index (χ3n) is 4.39. The van der Waals surface area contributed by atoms with Gasteiger partial charge in [0.15, 0.2) is 11.6 Å². The molecular formula is C23H22F2N4O2. The first-order valence-corrected chi connectivity index (χ1v) is 9.54. The molecule has 0 spiro atoms. The van der Waals surface area contributed by atoms with Crippen molar-refractivity contribution in [3.8, 4) is 0 Å². The average molecular weight is 424 g/mol. The van der Waals surface area contributed by atoms with E-state index in [-0.39, 0.29) is 28.3 Å². The SMILES string of the molecule is CC(C)(C)c1ccccc1NC(=Nc1cccc(=O)[nH]1)NC(=O)c1ccc(F)c(F)c1. The van der Waals surface area contributed by atoms with Crippen LogP contribution in [-0.4, -0.2) is 16.9 Å². The number of H-pyrrole nitrogens is 1. The van der Waals surface area contributed by atoms with Crippen molar-refractivity contribution < 1.29 is 13.6 Å². The summed E-state index contributed by atoms with van der Waals surface area (Å²) < 4.78 is 26.8. The van der Waals surface area contributed by atoms with Crippen molar-refractivity contribution in [2.45, 2.75) is 26.2 Å². The van der Waals surface area contributed by atoms with Gasteiger partial charge in [-0.25, -0.2) is 8.78 Å². The van der Waals surface area contributed by atoms with E-state index in [0.29, 0.717) is 5.69 Å². The molecule has 1 heterocycles. The van der Waals surface area contributed by atoms with Gasteiger partial charge in [0.1, 0.15) is 5.82 Å². The minimum Gasteiger partial charge on any atom is -0.325 e. The van der Waals surface area contributed by atoms with E-state index in [1.807, 2.05) is 45.0 Å². The van der Waals surface area contributed by atoms with Gasteiger partial charge in [-0.2, -0.15) is 4.99 Å². The normalized spacial score (nSPS) is 11.8. The first-order valence-electron chi connectivity index (χ1n) is 9.54. The van der Waals surface area contributed by atoms with Crippen molar-refractivity contribution in [1.82, 2.24) is 10.3 Å². The number of aromatic nitrogens is 1. The topological polar surface area (TPSA) is 86.3 Å². The van der Waals surface area contributed by atoms with Crippen molar-refractivity contribution in [2.24, 2.45) is 4.99 Å². The lowest BCUT2D eigenvalue weighted by Gasteiger charge is -2.24. The number of hydrogen-bond donors (Lipinski definition) is 3. The fourth-order valence-corrected chi connectivity index (χ4v) is 2.90. The van der Waals surface area contributed by atoms with Gasteiger partial charge in [0.2, 0.25) is 11.5 Å². The number of para-hydroxylation sites is 1. The Bertz CT molecular complexity index is 1200. The quantitative estimate of drug-likeness (QED) is 0.428. The van der Waals surface area contributed by atoms with Crippen LogP contribution < -0.4 is 16.2 Å². The van der Waals surface area contributed by atoms with E-state index in [4.69, 9.17) is 0 Å². The fourth-order valence-electron chi connectivity index (χ4n) is 2.90. The van der Waals surface area contributed by atoms with Crippen LogP contribution >= 0.6 is 0 Å². The van der Waals surface area contributed by atoms with E-state index in [0.717, 1.165) is 17.7 Å². The van der Waals surface area contributed by atoms with E-state index in [1.54, 1.807) is 6.07 Å². The summed E-state index contributed by atoms with van der Waals surface area (Å²) in [6.45, 7) is 6.12. The molecule has 3 aromatic rings. The van der Waals surface area contributed by atoms with E-state index in [1.165, 1.54) is 18.2 Å². The van der Waals surface area contributed by atoms with Gasteiger partial charge in [0.05, 0.1) is 0 Å². The second-order valence-electron chi connectivity index (χ2n) is 7.86. The molecule has 31 heavy (non-hydrogen) atoms. The Morgan fingerprint density at radius 2 is 1.71 bits per heavy atom. The maximum Gasteiger partial charge on any atom is 0.258 e. The van der Waals surface area contributed by atoms with Gasteiger partial charge in [-0.05, 0) is 41.3 Å². The first-order chi connectivity index (χ1) is 14.6. The number of rotatable bonds is 3. The maximum absolute atomic E-state index is 13.6. The molecule has 160 valence electrons. The molecule has 0 aliphatic rings. The highest BCUT2D eigenvalue weighted by Crippen LogP contribution is 2.29. The molecule has 6 nitrogen and oxygen atoms in total. The number of pyridine rings is 1. The van der Waals surface area contributed by atoms with Gasteiger partial charge in [-0.3, -0.25) is 14.9 Å². The van der Waals surface area contributed by atoms with Crippen LogP contribution in [0.1, 0.15) is 36.7 Å². The summed E-state index contributed by atoms with van der Waals surface area (Å²) >= 11 is 0. The smallest absolute Gasteiger partial charge is 0.258 e. The minimum atomic E-state index is -1.13. The van der Waals surface area contributed by atoms with Crippen LogP contribution in [0.5, 0.6) is 0 Å². The molecular weight excluding hydrogens is 402 g/mol. The molecule has 1 amide bonds. The zero-order valence-corrected chi connectivity index (χ0v) is 17.3. The number of carbonyl (C=O) groups is 1. The number of anilines is 1. The molecule has 1 aromatic heterocycles. The number of amides is 1. The van der Waals surface area contributed by atoms with Gasteiger partial charge in [0.25, 0.3) is 5.91 Å².